The summed E-state index contributed by atoms with van der Waals surface area (Å²) in [6.07, 6.45) is 0. The number of carbonyl (C=O) groups excluding carboxylic acids is 1. The van der Waals surface area contributed by atoms with Gasteiger partial charge in [0.25, 0.3) is 0 Å². The fraction of sp³-hybridized carbons (Fsp3) is 0.312. The standard InChI is InChI=1S/C16H19NO/c1-4-17-16(2,3)15(18)14-11-7-9-12-8-5-6-10-13(12)14/h5-11,17H,4H2,1-3H3. The number of carbonyl (C=O) groups is 1. The number of ketones is 1. The van der Waals surface area contributed by atoms with E-state index in [1.807, 2.05) is 63.2 Å². The summed E-state index contributed by atoms with van der Waals surface area (Å²) in [4.78, 5) is 12.6. The summed E-state index contributed by atoms with van der Waals surface area (Å²) in [5.74, 6) is 0.140. The van der Waals surface area contributed by atoms with Crippen molar-refractivity contribution in [3.8, 4) is 0 Å². The predicted octanol–water partition coefficient (Wildman–Crippen LogP) is 3.41. The van der Waals surface area contributed by atoms with E-state index in [9.17, 15) is 4.79 Å². The van der Waals surface area contributed by atoms with Crippen molar-refractivity contribution >= 4 is 16.6 Å². The molecule has 2 heteroatoms. The van der Waals surface area contributed by atoms with Crippen molar-refractivity contribution in [2.45, 2.75) is 26.3 Å². The fourth-order valence-corrected chi connectivity index (χ4v) is 2.28. The molecule has 0 aliphatic rings. The van der Waals surface area contributed by atoms with E-state index in [4.69, 9.17) is 0 Å². The Bertz CT molecular complexity index is 567. The molecule has 0 aromatic heterocycles. The highest BCUT2D eigenvalue weighted by Crippen LogP contribution is 2.22. The molecule has 94 valence electrons. The van der Waals surface area contributed by atoms with Crippen LogP contribution in [0, 0.1) is 0 Å². The molecular weight excluding hydrogens is 222 g/mol. The first-order chi connectivity index (χ1) is 8.56. The number of Topliss-reactive ketones (excluding diaryl/α,β-unsaturated/α-hetero) is 1. The molecule has 2 aromatic rings. The summed E-state index contributed by atoms with van der Waals surface area (Å²) in [6.45, 7) is 6.66. The van der Waals surface area contributed by atoms with Gasteiger partial charge in [0, 0.05) is 5.56 Å². The molecule has 0 aliphatic heterocycles. The van der Waals surface area contributed by atoms with Crippen LogP contribution in [0.2, 0.25) is 0 Å². The number of rotatable bonds is 4. The zero-order valence-corrected chi connectivity index (χ0v) is 11.2. The van der Waals surface area contributed by atoms with Crippen molar-refractivity contribution in [2.75, 3.05) is 6.54 Å². The van der Waals surface area contributed by atoms with Gasteiger partial charge in [-0.05, 0) is 31.2 Å². The van der Waals surface area contributed by atoms with Crippen LogP contribution in [0.15, 0.2) is 42.5 Å². The van der Waals surface area contributed by atoms with Gasteiger partial charge in [-0.15, -0.1) is 0 Å². The Morgan fingerprint density at radius 3 is 2.50 bits per heavy atom. The van der Waals surface area contributed by atoms with E-state index < -0.39 is 5.54 Å². The summed E-state index contributed by atoms with van der Waals surface area (Å²) in [5.41, 5.74) is 0.262. The molecule has 0 amide bonds. The third-order valence-electron chi connectivity index (χ3n) is 3.22. The van der Waals surface area contributed by atoms with Gasteiger partial charge in [-0.2, -0.15) is 0 Å². The first-order valence-corrected chi connectivity index (χ1v) is 6.34. The molecular formula is C16H19NO. The molecule has 2 aromatic carbocycles. The smallest absolute Gasteiger partial charge is 0.182 e. The second-order valence-electron chi connectivity index (χ2n) is 5.01. The van der Waals surface area contributed by atoms with Gasteiger partial charge in [-0.1, -0.05) is 49.4 Å². The molecule has 1 N–H and O–H groups in total. The minimum Gasteiger partial charge on any atom is -0.305 e. The van der Waals surface area contributed by atoms with Crippen LogP contribution < -0.4 is 5.32 Å². The highest BCUT2D eigenvalue weighted by Gasteiger charge is 2.28. The van der Waals surface area contributed by atoms with E-state index in [0.29, 0.717) is 0 Å². The molecule has 0 atom stereocenters. The molecule has 0 heterocycles. The van der Waals surface area contributed by atoms with Crippen molar-refractivity contribution in [2.24, 2.45) is 0 Å². The average molecular weight is 241 g/mol. The highest BCUT2D eigenvalue weighted by atomic mass is 16.1. The monoisotopic (exact) mass is 241 g/mol. The van der Waals surface area contributed by atoms with Crippen LogP contribution in [-0.2, 0) is 0 Å². The van der Waals surface area contributed by atoms with Crippen molar-refractivity contribution in [1.82, 2.24) is 5.32 Å². The molecule has 18 heavy (non-hydrogen) atoms. The van der Waals surface area contributed by atoms with Crippen LogP contribution >= 0.6 is 0 Å². The van der Waals surface area contributed by atoms with Crippen LogP contribution in [0.4, 0.5) is 0 Å². The molecule has 0 spiro atoms. The van der Waals surface area contributed by atoms with Crippen molar-refractivity contribution in [1.29, 1.82) is 0 Å². The van der Waals surface area contributed by atoms with E-state index in [1.54, 1.807) is 0 Å². The van der Waals surface area contributed by atoms with E-state index in [1.165, 1.54) is 0 Å². The number of fused-ring (bicyclic) bond motifs is 1. The third kappa shape index (κ3) is 2.29. The van der Waals surface area contributed by atoms with Gasteiger partial charge in [0.05, 0.1) is 5.54 Å². The molecule has 0 unspecified atom stereocenters. The first-order valence-electron chi connectivity index (χ1n) is 6.34. The van der Waals surface area contributed by atoms with Crippen LogP contribution in [0.25, 0.3) is 10.8 Å². The average Bonchev–Trinajstić information content (AvgIpc) is 2.37. The van der Waals surface area contributed by atoms with Crippen molar-refractivity contribution < 1.29 is 4.79 Å². The number of nitrogens with one attached hydrogen (secondary N) is 1. The molecule has 0 saturated carbocycles. The van der Waals surface area contributed by atoms with Crippen LogP contribution in [0.5, 0.6) is 0 Å². The topological polar surface area (TPSA) is 29.1 Å². The Hall–Kier alpha value is -1.67. The van der Waals surface area contributed by atoms with Crippen molar-refractivity contribution in [3.63, 3.8) is 0 Å². The Morgan fingerprint density at radius 2 is 1.78 bits per heavy atom. The lowest BCUT2D eigenvalue weighted by Crippen LogP contribution is -2.46. The molecule has 0 saturated heterocycles. The number of hydrogen-bond donors (Lipinski definition) is 1. The maximum atomic E-state index is 12.6. The van der Waals surface area contributed by atoms with Crippen molar-refractivity contribution in [3.05, 3.63) is 48.0 Å². The van der Waals surface area contributed by atoms with Gasteiger partial charge in [0.1, 0.15) is 0 Å². The summed E-state index contributed by atoms with van der Waals surface area (Å²) in [5, 5.41) is 5.37. The number of benzene rings is 2. The fourth-order valence-electron chi connectivity index (χ4n) is 2.28. The van der Waals surface area contributed by atoms with E-state index in [-0.39, 0.29) is 5.78 Å². The van der Waals surface area contributed by atoms with E-state index in [0.717, 1.165) is 22.9 Å². The minimum atomic E-state index is -0.529. The van der Waals surface area contributed by atoms with Crippen LogP contribution in [-0.4, -0.2) is 17.9 Å². The van der Waals surface area contributed by atoms with Gasteiger partial charge in [0.15, 0.2) is 5.78 Å². The number of hydrogen-bond acceptors (Lipinski definition) is 2. The predicted molar refractivity (Wildman–Crippen MR) is 76.0 cm³/mol. The lowest BCUT2D eigenvalue weighted by Gasteiger charge is -2.24. The van der Waals surface area contributed by atoms with Crippen LogP contribution in [0.1, 0.15) is 31.1 Å². The quantitative estimate of drug-likeness (QED) is 0.831. The van der Waals surface area contributed by atoms with Gasteiger partial charge in [0.2, 0.25) is 0 Å². The Labute approximate surface area is 108 Å². The summed E-state index contributed by atoms with van der Waals surface area (Å²) in [7, 11) is 0. The van der Waals surface area contributed by atoms with E-state index >= 15 is 0 Å². The third-order valence-corrected chi connectivity index (χ3v) is 3.22. The molecule has 2 nitrogen and oxygen atoms in total. The minimum absolute atomic E-state index is 0.140. The lowest BCUT2D eigenvalue weighted by atomic mass is 9.90. The molecule has 0 fully saturated rings. The highest BCUT2D eigenvalue weighted by molar-refractivity contribution is 6.12. The Kier molecular flexibility index (Phi) is 3.48. The Balaban J connectivity index is 2.51. The maximum Gasteiger partial charge on any atom is 0.182 e. The van der Waals surface area contributed by atoms with Crippen LogP contribution in [0.3, 0.4) is 0 Å². The lowest BCUT2D eigenvalue weighted by molar-refractivity contribution is 0.0886. The second-order valence-corrected chi connectivity index (χ2v) is 5.01. The molecule has 0 bridgehead atoms. The van der Waals surface area contributed by atoms with E-state index in [2.05, 4.69) is 5.32 Å². The summed E-state index contributed by atoms with van der Waals surface area (Å²) >= 11 is 0. The molecule has 2 rings (SSSR count). The zero-order chi connectivity index (χ0) is 13.2. The van der Waals surface area contributed by atoms with Gasteiger partial charge >= 0.3 is 0 Å². The first kappa shape index (κ1) is 12.8. The van der Waals surface area contributed by atoms with Gasteiger partial charge < -0.3 is 5.32 Å². The van der Waals surface area contributed by atoms with Gasteiger partial charge in [-0.25, -0.2) is 0 Å². The SMILES string of the molecule is CCNC(C)(C)C(=O)c1cccc2ccccc12. The molecule has 0 radical (unpaired) electrons. The normalized spacial score (nSPS) is 11.7. The second kappa shape index (κ2) is 4.91. The Morgan fingerprint density at radius 1 is 1.11 bits per heavy atom. The molecule has 0 aliphatic carbocycles. The zero-order valence-electron chi connectivity index (χ0n) is 11.2. The largest absolute Gasteiger partial charge is 0.305 e. The summed E-state index contributed by atoms with van der Waals surface area (Å²) in [6, 6.07) is 13.9. The summed E-state index contributed by atoms with van der Waals surface area (Å²) < 4.78 is 0. The maximum absolute atomic E-state index is 12.6. The number of likely N-dealkylation sites (N-methyl/N-ethyl adjacent to an activating group) is 1. The van der Waals surface area contributed by atoms with Gasteiger partial charge in [-0.3, -0.25) is 4.79 Å².